The van der Waals surface area contributed by atoms with Gasteiger partial charge in [-0.15, -0.1) is 0 Å². The van der Waals surface area contributed by atoms with Gasteiger partial charge in [0.2, 0.25) is 11.8 Å². The molecule has 1 saturated heterocycles. The van der Waals surface area contributed by atoms with Gasteiger partial charge in [-0.2, -0.15) is 0 Å². The highest BCUT2D eigenvalue weighted by Gasteiger charge is 2.47. The summed E-state index contributed by atoms with van der Waals surface area (Å²) in [6.45, 7) is 1.36. The number of thioether (sulfide) groups is 1. The lowest BCUT2D eigenvalue weighted by molar-refractivity contribution is -0.129. The summed E-state index contributed by atoms with van der Waals surface area (Å²) in [7, 11) is 0. The van der Waals surface area contributed by atoms with Gasteiger partial charge in [0.05, 0.1) is 17.9 Å². The van der Waals surface area contributed by atoms with E-state index in [1.165, 1.54) is 22.7 Å². The predicted molar refractivity (Wildman–Crippen MR) is 154 cm³/mol. The average Bonchev–Trinajstić information content (AvgIpc) is 3.37. The van der Waals surface area contributed by atoms with Gasteiger partial charge in [-0.05, 0) is 43.2 Å². The van der Waals surface area contributed by atoms with Gasteiger partial charge >= 0.3 is 6.03 Å². The summed E-state index contributed by atoms with van der Waals surface area (Å²) in [5.41, 5.74) is 6.89. The molecular formula is C29H29N7O4S. The van der Waals surface area contributed by atoms with Crippen molar-refractivity contribution in [1.82, 2.24) is 25.5 Å². The Kier molecular flexibility index (Phi) is 7.57. The van der Waals surface area contributed by atoms with Crippen molar-refractivity contribution in [2.75, 3.05) is 24.5 Å². The van der Waals surface area contributed by atoms with Crippen molar-refractivity contribution in [3.8, 4) is 11.5 Å². The van der Waals surface area contributed by atoms with E-state index in [4.69, 9.17) is 10.5 Å². The van der Waals surface area contributed by atoms with Gasteiger partial charge in [-0.1, -0.05) is 36.0 Å². The first-order valence-electron chi connectivity index (χ1n) is 13.4. The molecule has 0 spiro atoms. The molecule has 210 valence electrons. The Morgan fingerprint density at radius 2 is 2.00 bits per heavy atom. The molecule has 3 aliphatic heterocycles. The molecule has 0 aliphatic carbocycles. The standard InChI is InChI=1S/C29H29N7O4S/c30-13-4-9-23(37)35-15-5-6-18(17-35)33-27(38)26-25-24-21(12-14-31-28(24)41-26)36(29(39)34-25)22-11-10-20(16-32-22)40-19-7-2-1-3-8-19/h1-4,7-12,14,16,18,25-26H,5-6,13,15,17,30H2,(H,33,38)(H,34,39)/b9-4+/t18?,25?,26-/m1/s1. The van der Waals surface area contributed by atoms with Crippen LogP contribution in [0.3, 0.4) is 0 Å². The fourth-order valence-corrected chi connectivity index (χ4v) is 6.53. The van der Waals surface area contributed by atoms with Crippen molar-refractivity contribution < 1.29 is 19.1 Å². The third-order valence-electron chi connectivity index (χ3n) is 7.17. The number of urea groups is 1. The number of hydrogen-bond donors (Lipinski definition) is 3. The Labute approximate surface area is 241 Å². The van der Waals surface area contributed by atoms with Crippen LogP contribution in [0.1, 0.15) is 24.4 Å². The number of para-hydroxylation sites is 1. The van der Waals surface area contributed by atoms with Gasteiger partial charge in [-0.25, -0.2) is 19.7 Å². The highest BCUT2D eigenvalue weighted by Crippen LogP contribution is 2.50. The van der Waals surface area contributed by atoms with Crippen LogP contribution in [-0.4, -0.2) is 63.6 Å². The molecule has 1 fully saturated rings. The second-order valence-electron chi connectivity index (χ2n) is 9.89. The minimum Gasteiger partial charge on any atom is -0.456 e. The second-order valence-corrected chi connectivity index (χ2v) is 11.0. The fourth-order valence-electron chi connectivity index (χ4n) is 5.30. The number of rotatable bonds is 7. The number of aromatic nitrogens is 2. The number of benzene rings is 1. The zero-order valence-electron chi connectivity index (χ0n) is 22.1. The summed E-state index contributed by atoms with van der Waals surface area (Å²) in [5, 5.41) is 6.21. The molecule has 3 aliphatic rings. The summed E-state index contributed by atoms with van der Waals surface area (Å²) < 4.78 is 5.83. The Morgan fingerprint density at radius 1 is 1.15 bits per heavy atom. The molecule has 6 rings (SSSR count). The molecule has 0 radical (unpaired) electrons. The molecule has 4 N–H and O–H groups in total. The normalized spacial score (nSPS) is 21.4. The number of likely N-dealkylation sites (tertiary alicyclic amines) is 1. The maximum atomic E-state index is 13.5. The topological polar surface area (TPSA) is 143 Å². The number of amides is 4. The molecule has 2 aromatic heterocycles. The number of anilines is 2. The molecule has 12 heteroatoms. The van der Waals surface area contributed by atoms with E-state index in [1.54, 1.807) is 41.6 Å². The number of carbonyl (C=O) groups excluding carboxylic acids is 3. The smallest absolute Gasteiger partial charge is 0.328 e. The lowest BCUT2D eigenvalue weighted by Crippen LogP contribution is -2.53. The van der Waals surface area contributed by atoms with Crippen LogP contribution in [0.2, 0.25) is 0 Å². The molecule has 11 nitrogen and oxygen atoms in total. The van der Waals surface area contributed by atoms with E-state index in [0.29, 0.717) is 47.7 Å². The number of nitrogens with two attached hydrogens (primary N) is 1. The van der Waals surface area contributed by atoms with Crippen LogP contribution in [0.15, 0.2) is 78.1 Å². The highest BCUT2D eigenvalue weighted by atomic mass is 32.2. The molecule has 3 aromatic rings. The van der Waals surface area contributed by atoms with Gasteiger partial charge in [0, 0.05) is 43.5 Å². The fraction of sp³-hybridized carbons (Fsp3) is 0.276. The van der Waals surface area contributed by atoms with Crippen LogP contribution in [-0.2, 0) is 9.59 Å². The summed E-state index contributed by atoms with van der Waals surface area (Å²) in [6.07, 6.45) is 7.86. The number of ether oxygens (including phenoxy) is 1. The van der Waals surface area contributed by atoms with Gasteiger partial charge in [-0.3, -0.25) is 9.59 Å². The van der Waals surface area contributed by atoms with Gasteiger partial charge in [0.1, 0.15) is 27.6 Å². The third kappa shape index (κ3) is 5.48. The second kappa shape index (κ2) is 11.6. The Hall–Kier alpha value is -4.42. The first-order valence-corrected chi connectivity index (χ1v) is 14.3. The number of piperidine rings is 1. The molecule has 1 aromatic carbocycles. The van der Waals surface area contributed by atoms with Crippen molar-refractivity contribution >= 4 is 41.1 Å². The van der Waals surface area contributed by atoms with E-state index < -0.39 is 11.3 Å². The summed E-state index contributed by atoms with van der Waals surface area (Å²) in [6, 6.07) is 13.5. The number of hydrogen-bond acceptors (Lipinski definition) is 8. The third-order valence-corrected chi connectivity index (χ3v) is 8.46. The lowest BCUT2D eigenvalue weighted by Gasteiger charge is -2.35. The SMILES string of the molecule is NC/C=C/C(=O)N1CCCC(NC(=O)[C@@H]2Sc3nccc4c3C2NC(=O)N4c2ccc(Oc3ccccc3)cn2)C1. The van der Waals surface area contributed by atoms with Crippen LogP contribution in [0.25, 0.3) is 0 Å². The van der Waals surface area contributed by atoms with Crippen LogP contribution in [0, 0.1) is 0 Å². The molecule has 41 heavy (non-hydrogen) atoms. The highest BCUT2D eigenvalue weighted by molar-refractivity contribution is 8.01. The van der Waals surface area contributed by atoms with Gasteiger partial charge in [0.25, 0.3) is 0 Å². The molecule has 2 unspecified atom stereocenters. The zero-order valence-corrected chi connectivity index (χ0v) is 22.9. The summed E-state index contributed by atoms with van der Waals surface area (Å²) >= 11 is 1.33. The molecule has 0 saturated carbocycles. The molecule has 0 bridgehead atoms. The van der Waals surface area contributed by atoms with Crippen molar-refractivity contribution in [3.05, 3.63) is 78.6 Å². The van der Waals surface area contributed by atoms with E-state index in [-0.39, 0.29) is 23.9 Å². The van der Waals surface area contributed by atoms with Crippen molar-refractivity contribution in [2.24, 2.45) is 5.73 Å². The first-order chi connectivity index (χ1) is 20.0. The van der Waals surface area contributed by atoms with Gasteiger partial charge < -0.3 is 26.0 Å². The minimum atomic E-state index is -0.595. The Bertz CT molecular complexity index is 1480. The van der Waals surface area contributed by atoms with Crippen LogP contribution in [0.5, 0.6) is 11.5 Å². The lowest BCUT2D eigenvalue weighted by atomic mass is 9.99. The number of nitrogens with zero attached hydrogens (tertiary/aromatic N) is 4. The van der Waals surface area contributed by atoms with Crippen molar-refractivity contribution in [2.45, 2.75) is 35.2 Å². The first kappa shape index (κ1) is 26.8. The minimum absolute atomic E-state index is 0.112. The predicted octanol–water partition coefficient (Wildman–Crippen LogP) is 3.27. The van der Waals surface area contributed by atoms with E-state index in [9.17, 15) is 14.4 Å². The Balaban J connectivity index is 1.17. The maximum absolute atomic E-state index is 13.5. The van der Waals surface area contributed by atoms with E-state index in [1.807, 2.05) is 30.3 Å². The van der Waals surface area contributed by atoms with Crippen molar-refractivity contribution in [1.29, 1.82) is 0 Å². The zero-order chi connectivity index (χ0) is 28.3. The monoisotopic (exact) mass is 571 g/mol. The largest absolute Gasteiger partial charge is 0.456 e. The molecule has 5 heterocycles. The number of nitrogens with one attached hydrogen (secondary N) is 2. The van der Waals surface area contributed by atoms with E-state index in [2.05, 4.69) is 20.6 Å². The maximum Gasteiger partial charge on any atom is 0.328 e. The summed E-state index contributed by atoms with van der Waals surface area (Å²) in [4.78, 5) is 51.5. The van der Waals surface area contributed by atoms with Crippen LogP contribution < -0.4 is 26.0 Å². The van der Waals surface area contributed by atoms with Crippen LogP contribution in [0.4, 0.5) is 16.3 Å². The van der Waals surface area contributed by atoms with Crippen LogP contribution >= 0.6 is 11.8 Å². The number of pyridine rings is 2. The summed E-state index contributed by atoms with van der Waals surface area (Å²) in [5.74, 6) is 1.34. The van der Waals surface area contributed by atoms with Crippen molar-refractivity contribution in [3.63, 3.8) is 0 Å². The molecular weight excluding hydrogens is 542 g/mol. The molecule has 3 atom stereocenters. The Morgan fingerprint density at radius 3 is 2.78 bits per heavy atom. The average molecular weight is 572 g/mol. The quantitative estimate of drug-likeness (QED) is 0.367. The number of carbonyl (C=O) groups is 3. The van der Waals surface area contributed by atoms with E-state index >= 15 is 0 Å². The molecule has 4 amide bonds. The van der Waals surface area contributed by atoms with Gasteiger partial charge in [0.15, 0.2) is 0 Å². The van der Waals surface area contributed by atoms with E-state index in [0.717, 1.165) is 18.4 Å².